The lowest BCUT2D eigenvalue weighted by molar-refractivity contribution is -0.137. The number of rotatable bonds is 9. The van der Waals surface area contributed by atoms with Crippen molar-refractivity contribution in [2.45, 2.75) is 39.7 Å². The lowest BCUT2D eigenvalue weighted by atomic mass is 10.1. The summed E-state index contributed by atoms with van der Waals surface area (Å²) >= 11 is 0. The first-order valence-corrected chi connectivity index (χ1v) is 10.5. The summed E-state index contributed by atoms with van der Waals surface area (Å²) in [6.07, 6.45) is -3.21. The third-order valence-corrected chi connectivity index (χ3v) is 4.77. The molecule has 0 aliphatic rings. The minimum atomic E-state index is -4.45. The minimum Gasteiger partial charge on any atom is -0.447 e. The largest absolute Gasteiger partial charge is 0.447 e. The van der Waals surface area contributed by atoms with Crippen molar-refractivity contribution < 1.29 is 26.8 Å². The van der Waals surface area contributed by atoms with Crippen LogP contribution in [0, 0.1) is 11.7 Å². The maximum absolute atomic E-state index is 13.7. The molecule has 0 aliphatic heterocycles. The molecule has 1 aromatic heterocycles. The summed E-state index contributed by atoms with van der Waals surface area (Å²) in [6.45, 7) is 4.91. The second-order valence-electron chi connectivity index (χ2n) is 8.20. The highest BCUT2D eigenvalue weighted by atomic mass is 19.4. The number of carbonyl (C=O) groups excluding carboxylic acids is 1. The SMILES string of the molecule is CC(C)CNC(=O)c1coc(CN(Cc2cccc(F)c2)Cc2cccc(C(F)(F)F)c2)n1. The fourth-order valence-electron chi connectivity index (χ4n) is 3.23. The molecular formula is C24H25F4N3O2. The van der Waals surface area contributed by atoms with Crippen molar-refractivity contribution in [2.75, 3.05) is 6.54 Å². The molecule has 9 heteroatoms. The topological polar surface area (TPSA) is 58.4 Å². The van der Waals surface area contributed by atoms with Gasteiger partial charge in [-0.25, -0.2) is 9.37 Å². The van der Waals surface area contributed by atoms with Crippen LogP contribution in [0.15, 0.2) is 59.2 Å². The summed E-state index contributed by atoms with van der Waals surface area (Å²) < 4.78 is 58.4. The minimum absolute atomic E-state index is 0.115. The zero-order valence-corrected chi connectivity index (χ0v) is 18.3. The van der Waals surface area contributed by atoms with Crippen LogP contribution in [-0.2, 0) is 25.8 Å². The first-order chi connectivity index (χ1) is 15.6. The highest BCUT2D eigenvalue weighted by molar-refractivity contribution is 5.91. The zero-order valence-electron chi connectivity index (χ0n) is 18.3. The van der Waals surface area contributed by atoms with Gasteiger partial charge in [0.2, 0.25) is 5.89 Å². The third kappa shape index (κ3) is 7.42. The average Bonchev–Trinajstić information content (AvgIpc) is 3.20. The number of benzene rings is 2. The lowest BCUT2D eigenvalue weighted by Crippen LogP contribution is -2.27. The molecule has 0 aliphatic carbocycles. The van der Waals surface area contributed by atoms with Crippen LogP contribution in [0.4, 0.5) is 17.6 Å². The molecule has 5 nitrogen and oxygen atoms in total. The number of amides is 1. The van der Waals surface area contributed by atoms with Gasteiger partial charge < -0.3 is 9.73 Å². The van der Waals surface area contributed by atoms with Gasteiger partial charge in [0.05, 0.1) is 12.1 Å². The first-order valence-electron chi connectivity index (χ1n) is 10.5. The Labute approximate surface area is 189 Å². The van der Waals surface area contributed by atoms with Crippen LogP contribution in [-0.4, -0.2) is 22.3 Å². The second kappa shape index (κ2) is 10.6. The maximum atomic E-state index is 13.7. The first kappa shape index (κ1) is 24.4. The van der Waals surface area contributed by atoms with E-state index in [1.807, 2.05) is 13.8 Å². The number of nitrogens with zero attached hydrogens (tertiary/aromatic N) is 2. The van der Waals surface area contributed by atoms with E-state index in [9.17, 15) is 22.4 Å². The molecule has 0 atom stereocenters. The summed E-state index contributed by atoms with van der Waals surface area (Å²) in [6, 6.07) is 11.0. The smallest absolute Gasteiger partial charge is 0.416 e. The number of aromatic nitrogens is 1. The number of carbonyl (C=O) groups is 1. The highest BCUT2D eigenvalue weighted by Gasteiger charge is 2.30. The molecule has 176 valence electrons. The van der Waals surface area contributed by atoms with Crippen molar-refractivity contribution in [3.63, 3.8) is 0 Å². The summed E-state index contributed by atoms with van der Waals surface area (Å²) in [5, 5.41) is 2.75. The highest BCUT2D eigenvalue weighted by Crippen LogP contribution is 2.30. The van der Waals surface area contributed by atoms with Gasteiger partial charge in [-0.2, -0.15) is 13.2 Å². The van der Waals surface area contributed by atoms with Crippen LogP contribution < -0.4 is 5.32 Å². The summed E-state index contributed by atoms with van der Waals surface area (Å²) in [5.41, 5.74) is 0.451. The van der Waals surface area contributed by atoms with Gasteiger partial charge in [-0.15, -0.1) is 0 Å². The molecule has 0 saturated carbocycles. The molecule has 0 fully saturated rings. The van der Waals surface area contributed by atoms with E-state index in [4.69, 9.17) is 4.42 Å². The maximum Gasteiger partial charge on any atom is 0.416 e. The molecule has 0 saturated heterocycles. The Balaban J connectivity index is 1.79. The average molecular weight is 463 g/mol. The Morgan fingerprint density at radius 2 is 1.73 bits per heavy atom. The predicted molar refractivity (Wildman–Crippen MR) is 114 cm³/mol. The van der Waals surface area contributed by atoms with E-state index in [1.165, 1.54) is 24.5 Å². The van der Waals surface area contributed by atoms with Crippen molar-refractivity contribution in [1.82, 2.24) is 15.2 Å². The molecule has 0 bridgehead atoms. The van der Waals surface area contributed by atoms with Crippen molar-refractivity contribution in [1.29, 1.82) is 0 Å². The zero-order chi connectivity index (χ0) is 24.0. The van der Waals surface area contributed by atoms with E-state index in [-0.39, 0.29) is 43.0 Å². The summed E-state index contributed by atoms with van der Waals surface area (Å²) in [5.74, 6) is -0.275. The molecule has 3 aromatic rings. The molecule has 0 radical (unpaired) electrons. The molecular weight excluding hydrogens is 438 g/mol. The van der Waals surface area contributed by atoms with Gasteiger partial charge in [0.15, 0.2) is 5.69 Å². The van der Waals surface area contributed by atoms with Gasteiger partial charge in [-0.1, -0.05) is 44.2 Å². The second-order valence-corrected chi connectivity index (χ2v) is 8.20. The van der Waals surface area contributed by atoms with Crippen LogP contribution in [0.3, 0.4) is 0 Å². The standard InChI is InChI=1S/C24H25F4N3O2/c1-16(2)11-29-23(32)21-15-33-22(30-21)14-31(13-18-6-4-8-20(25)10-18)12-17-5-3-7-19(9-17)24(26,27)28/h3-10,15-16H,11-14H2,1-2H3,(H,29,32). The quantitative estimate of drug-likeness (QED) is 0.431. The van der Waals surface area contributed by atoms with Crippen molar-refractivity contribution in [3.05, 3.63) is 88.9 Å². The van der Waals surface area contributed by atoms with E-state index in [1.54, 1.807) is 23.1 Å². The van der Waals surface area contributed by atoms with Gasteiger partial charge in [-0.05, 0) is 35.2 Å². The van der Waals surface area contributed by atoms with Crippen molar-refractivity contribution in [3.8, 4) is 0 Å². The van der Waals surface area contributed by atoms with Crippen molar-refractivity contribution in [2.24, 2.45) is 5.92 Å². The normalized spacial score (nSPS) is 11.9. The van der Waals surface area contributed by atoms with Crippen LogP contribution in [0.2, 0.25) is 0 Å². The number of alkyl halides is 3. The number of hydrogen-bond acceptors (Lipinski definition) is 4. The molecule has 1 amide bonds. The fraction of sp³-hybridized carbons (Fsp3) is 0.333. The van der Waals surface area contributed by atoms with Crippen molar-refractivity contribution >= 4 is 5.91 Å². The van der Waals surface area contributed by atoms with Gasteiger partial charge in [0, 0.05) is 19.6 Å². The number of halogens is 4. The Morgan fingerprint density at radius 3 is 2.36 bits per heavy atom. The molecule has 3 rings (SSSR count). The summed E-state index contributed by atoms with van der Waals surface area (Å²) in [7, 11) is 0. The van der Waals surface area contributed by atoms with Gasteiger partial charge in [-0.3, -0.25) is 9.69 Å². The van der Waals surface area contributed by atoms with Gasteiger partial charge in [0.25, 0.3) is 5.91 Å². The molecule has 0 unspecified atom stereocenters. The van der Waals surface area contributed by atoms with Crippen LogP contribution in [0.25, 0.3) is 0 Å². The molecule has 0 spiro atoms. The van der Waals surface area contributed by atoms with E-state index >= 15 is 0 Å². The number of hydrogen-bond donors (Lipinski definition) is 1. The van der Waals surface area contributed by atoms with E-state index < -0.39 is 17.6 Å². The molecule has 33 heavy (non-hydrogen) atoms. The van der Waals surface area contributed by atoms with Crippen LogP contribution >= 0.6 is 0 Å². The van der Waals surface area contributed by atoms with E-state index in [0.29, 0.717) is 17.7 Å². The summed E-state index contributed by atoms with van der Waals surface area (Å²) in [4.78, 5) is 18.2. The van der Waals surface area contributed by atoms with Crippen LogP contribution in [0.5, 0.6) is 0 Å². The van der Waals surface area contributed by atoms with E-state index in [0.717, 1.165) is 12.1 Å². The lowest BCUT2D eigenvalue weighted by Gasteiger charge is -2.21. The Bertz CT molecular complexity index is 1080. The predicted octanol–water partition coefficient (Wildman–Crippen LogP) is 5.42. The number of oxazole rings is 1. The fourth-order valence-corrected chi connectivity index (χ4v) is 3.23. The molecule has 2 aromatic carbocycles. The molecule has 1 heterocycles. The Morgan fingerprint density at radius 1 is 1.06 bits per heavy atom. The van der Waals surface area contributed by atoms with Crippen LogP contribution in [0.1, 0.15) is 46.9 Å². The Hall–Kier alpha value is -3.20. The molecule has 1 N–H and O–H groups in total. The van der Waals surface area contributed by atoms with Gasteiger partial charge >= 0.3 is 6.18 Å². The van der Waals surface area contributed by atoms with E-state index in [2.05, 4.69) is 10.3 Å². The van der Waals surface area contributed by atoms with Gasteiger partial charge in [0.1, 0.15) is 12.1 Å². The number of nitrogens with one attached hydrogen (secondary N) is 1. The monoisotopic (exact) mass is 463 g/mol. The third-order valence-electron chi connectivity index (χ3n) is 4.77. The Kier molecular flexibility index (Phi) is 7.86.